The Morgan fingerprint density at radius 3 is 2.55 bits per heavy atom. The van der Waals surface area contributed by atoms with Gasteiger partial charge in [-0.1, -0.05) is 30.3 Å². The first-order valence-electron chi connectivity index (χ1n) is 9.78. The lowest BCUT2D eigenvalue weighted by molar-refractivity contribution is -0.145. The number of esters is 1. The number of hydrogen-bond acceptors (Lipinski definition) is 6. The van der Waals surface area contributed by atoms with Crippen LogP contribution in [-0.2, 0) is 9.53 Å². The van der Waals surface area contributed by atoms with Crippen LogP contribution in [0.2, 0.25) is 0 Å². The molecule has 1 aromatic heterocycles. The molecule has 2 aromatic carbocycles. The molecular weight excluding hydrogens is 400 g/mol. The van der Waals surface area contributed by atoms with Crippen molar-refractivity contribution >= 4 is 23.0 Å². The predicted octanol–water partition coefficient (Wildman–Crippen LogP) is 3.58. The third-order valence-electron chi connectivity index (χ3n) is 5.32. The van der Waals surface area contributed by atoms with Gasteiger partial charge in [-0.15, -0.1) is 0 Å². The van der Waals surface area contributed by atoms with Crippen LogP contribution in [0.3, 0.4) is 0 Å². The fourth-order valence-electron chi connectivity index (χ4n) is 3.79. The van der Waals surface area contributed by atoms with Crippen molar-refractivity contribution in [3.05, 3.63) is 54.6 Å². The van der Waals surface area contributed by atoms with Crippen LogP contribution in [0.1, 0.15) is 6.42 Å². The molecule has 1 fully saturated rings. The molecule has 160 valence electrons. The highest BCUT2D eigenvalue weighted by Gasteiger charge is 2.41. The standard InChI is InChI=1S/C23H22N2O6/c1-29-15-8-9-17-19(10-15)24-18(14-6-4-3-5-7-14)12-21(17)31-16-11-20(22(26)30-2)25(13-16)23(27)28/h3-10,12,16,20H,11,13H2,1-2H3,(H,27,28)/t16?,20-/m0/s1. The van der Waals surface area contributed by atoms with E-state index in [-0.39, 0.29) is 13.0 Å². The summed E-state index contributed by atoms with van der Waals surface area (Å²) in [7, 11) is 2.83. The van der Waals surface area contributed by atoms with Crippen molar-refractivity contribution in [2.45, 2.75) is 18.6 Å². The molecule has 1 N–H and O–H groups in total. The molecule has 0 aliphatic carbocycles. The highest BCUT2D eigenvalue weighted by molar-refractivity contribution is 5.89. The molecule has 2 atom stereocenters. The largest absolute Gasteiger partial charge is 0.497 e. The number of ether oxygens (including phenoxy) is 3. The Labute approximate surface area is 179 Å². The molecule has 4 rings (SSSR count). The Balaban J connectivity index is 1.72. The van der Waals surface area contributed by atoms with Crippen LogP contribution in [0.5, 0.6) is 11.5 Å². The molecule has 1 unspecified atom stereocenters. The number of fused-ring (bicyclic) bond motifs is 1. The van der Waals surface area contributed by atoms with E-state index in [2.05, 4.69) is 0 Å². The lowest BCUT2D eigenvalue weighted by Gasteiger charge is -2.18. The average molecular weight is 422 g/mol. The number of nitrogens with zero attached hydrogens (tertiary/aromatic N) is 2. The van der Waals surface area contributed by atoms with Gasteiger partial charge < -0.3 is 19.3 Å². The summed E-state index contributed by atoms with van der Waals surface area (Å²) in [5.41, 5.74) is 2.32. The summed E-state index contributed by atoms with van der Waals surface area (Å²) >= 11 is 0. The minimum absolute atomic E-state index is 0.0652. The number of carboxylic acid groups (broad SMARTS) is 1. The summed E-state index contributed by atoms with van der Waals surface area (Å²) in [5, 5.41) is 10.2. The van der Waals surface area contributed by atoms with Gasteiger partial charge in [0, 0.05) is 29.5 Å². The zero-order valence-electron chi connectivity index (χ0n) is 17.1. The van der Waals surface area contributed by atoms with Gasteiger partial charge in [0.05, 0.1) is 32.0 Å². The average Bonchev–Trinajstić information content (AvgIpc) is 3.22. The molecule has 31 heavy (non-hydrogen) atoms. The van der Waals surface area contributed by atoms with E-state index in [1.807, 2.05) is 54.6 Å². The van der Waals surface area contributed by atoms with Crippen LogP contribution in [0.15, 0.2) is 54.6 Å². The SMILES string of the molecule is COC(=O)[C@@H]1CC(Oc2cc(-c3ccccc3)nc3cc(OC)ccc23)CN1C(=O)O. The smallest absolute Gasteiger partial charge is 0.408 e. The number of pyridine rings is 1. The van der Waals surface area contributed by atoms with Crippen LogP contribution in [0.4, 0.5) is 4.79 Å². The van der Waals surface area contributed by atoms with E-state index in [1.165, 1.54) is 7.11 Å². The van der Waals surface area contributed by atoms with E-state index < -0.39 is 24.2 Å². The molecule has 8 nitrogen and oxygen atoms in total. The summed E-state index contributed by atoms with van der Waals surface area (Å²) in [6.45, 7) is 0.0652. The van der Waals surface area contributed by atoms with Gasteiger partial charge in [0.25, 0.3) is 0 Å². The number of methoxy groups -OCH3 is 2. The lowest BCUT2D eigenvalue weighted by atomic mass is 10.1. The minimum atomic E-state index is -1.18. The third-order valence-corrected chi connectivity index (χ3v) is 5.32. The van der Waals surface area contributed by atoms with Crippen molar-refractivity contribution in [3.63, 3.8) is 0 Å². The molecule has 2 heterocycles. The van der Waals surface area contributed by atoms with Crippen molar-refractivity contribution in [3.8, 4) is 22.8 Å². The van der Waals surface area contributed by atoms with Crippen LogP contribution >= 0.6 is 0 Å². The second kappa shape index (κ2) is 8.51. The predicted molar refractivity (Wildman–Crippen MR) is 113 cm³/mol. The van der Waals surface area contributed by atoms with Crippen molar-refractivity contribution in [1.29, 1.82) is 0 Å². The van der Waals surface area contributed by atoms with Crippen molar-refractivity contribution in [1.82, 2.24) is 9.88 Å². The maximum atomic E-state index is 12.0. The van der Waals surface area contributed by atoms with Crippen LogP contribution in [0, 0.1) is 0 Å². The number of rotatable bonds is 5. The number of carbonyl (C=O) groups excluding carboxylic acids is 1. The molecule has 3 aromatic rings. The van der Waals surface area contributed by atoms with E-state index in [0.29, 0.717) is 22.7 Å². The van der Waals surface area contributed by atoms with Gasteiger partial charge >= 0.3 is 12.1 Å². The number of benzene rings is 2. The first-order valence-corrected chi connectivity index (χ1v) is 9.78. The van der Waals surface area contributed by atoms with E-state index in [0.717, 1.165) is 15.8 Å². The molecule has 0 saturated carbocycles. The molecule has 0 spiro atoms. The topological polar surface area (TPSA) is 98.2 Å². The fourth-order valence-corrected chi connectivity index (χ4v) is 3.79. The van der Waals surface area contributed by atoms with Gasteiger partial charge in [-0.3, -0.25) is 4.90 Å². The maximum absolute atomic E-state index is 12.0. The molecular formula is C23H22N2O6. The Hall–Kier alpha value is -3.81. The van der Waals surface area contributed by atoms with Gasteiger partial charge in [0.1, 0.15) is 23.6 Å². The van der Waals surface area contributed by atoms with Crippen molar-refractivity contribution in [2.24, 2.45) is 0 Å². The minimum Gasteiger partial charge on any atom is -0.497 e. The maximum Gasteiger partial charge on any atom is 0.408 e. The Bertz CT molecular complexity index is 1120. The molecule has 1 aliphatic rings. The molecule has 1 aliphatic heterocycles. The van der Waals surface area contributed by atoms with Gasteiger partial charge in [-0.2, -0.15) is 0 Å². The second-order valence-electron chi connectivity index (χ2n) is 7.20. The number of hydrogen-bond donors (Lipinski definition) is 1. The van der Waals surface area contributed by atoms with E-state index >= 15 is 0 Å². The summed E-state index contributed by atoms with van der Waals surface area (Å²) in [6, 6.07) is 16.1. The normalized spacial score (nSPS) is 18.1. The zero-order valence-corrected chi connectivity index (χ0v) is 17.1. The molecule has 0 radical (unpaired) electrons. The highest BCUT2D eigenvalue weighted by Crippen LogP contribution is 2.34. The first-order chi connectivity index (χ1) is 15.0. The summed E-state index contributed by atoms with van der Waals surface area (Å²) in [5.74, 6) is 0.634. The molecule has 1 saturated heterocycles. The zero-order chi connectivity index (χ0) is 22.0. The Morgan fingerprint density at radius 2 is 1.87 bits per heavy atom. The fraction of sp³-hybridized carbons (Fsp3) is 0.261. The lowest BCUT2D eigenvalue weighted by Crippen LogP contribution is -2.40. The number of aromatic nitrogens is 1. The van der Waals surface area contributed by atoms with Gasteiger partial charge in [-0.25, -0.2) is 14.6 Å². The summed E-state index contributed by atoms with van der Waals surface area (Å²) in [4.78, 5) is 29.4. The number of carbonyl (C=O) groups is 2. The Morgan fingerprint density at radius 1 is 1.10 bits per heavy atom. The second-order valence-corrected chi connectivity index (χ2v) is 7.20. The van der Waals surface area contributed by atoms with Gasteiger partial charge in [0.15, 0.2) is 0 Å². The van der Waals surface area contributed by atoms with Gasteiger partial charge in [0.2, 0.25) is 0 Å². The van der Waals surface area contributed by atoms with Crippen LogP contribution in [0.25, 0.3) is 22.2 Å². The van der Waals surface area contributed by atoms with Crippen molar-refractivity contribution < 1.29 is 28.9 Å². The van der Waals surface area contributed by atoms with E-state index in [9.17, 15) is 14.7 Å². The van der Waals surface area contributed by atoms with E-state index in [4.69, 9.17) is 19.2 Å². The van der Waals surface area contributed by atoms with Crippen LogP contribution in [-0.4, -0.2) is 60.0 Å². The third kappa shape index (κ3) is 4.09. The summed E-state index contributed by atoms with van der Waals surface area (Å²) in [6.07, 6.45) is -1.48. The monoisotopic (exact) mass is 422 g/mol. The molecule has 1 amide bonds. The van der Waals surface area contributed by atoms with Crippen molar-refractivity contribution in [2.75, 3.05) is 20.8 Å². The quantitative estimate of drug-likeness (QED) is 0.628. The van der Waals surface area contributed by atoms with Crippen LogP contribution < -0.4 is 9.47 Å². The molecule has 0 bridgehead atoms. The van der Waals surface area contributed by atoms with Gasteiger partial charge in [-0.05, 0) is 12.1 Å². The number of likely N-dealkylation sites (tertiary alicyclic amines) is 1. The molecule has 8 heteroatoms. The Kier molecular flexibility index (Phi) is 5.62. The van der Waals surface area contributed by atoms with E-state index in [1.54, 1.807) is 7.11 Å². The highest BCUT2D eigenvalue weighted by atomic mass is 16.5. The first kappa shape index (κ1) is 20.5. The number of amides is 1. The summed E-state index contributed by atoms with van der Waals surface area (Å²) < 4.78 is 16.3.